The molecule has 2 heterocycles. The van der Waals surface area contributed by atoms with Gasteiger partial charge >= 0.3 is 0 Å². The van der Waals surface area contributed by atoms with Crippen LogP contribution in [0.15, 0.2) is 11.2 Å². The fourth-order valence-corrected chi connectivity index (χ4v) is 4.50. The molecular formula is C13H24N4O2S. The number of aromatic nitrogens is 2. The second-order valence-corrected chi connectivity index (χ2v) is 7.44. The third-order valence-electron chi connectivity index (χ3n) is 3.87. The van der Waals surface area contributed by atoms with Gasteiger partial charge in [-0.25, -0.2) is 8.42 Å². The van der Waals surface area contributed by atoms with Crippen LogP contribution < -0.4 is 5.32 Å². The molecule has 0 aliphatic carbocycles. The smallest absolute Gasteiger partial charge is 0.260 e. The number of nitrogens with one attached hydrogen (secondary N) is 2. The van der Waals surface area contributed by atoms with Gasteiger partial charge in [0.15, 0.2) is 5.03 Å². The third kappa shape index (κ3) is 3.05. The summed E-state index contributed by atoms with van der Waals surface area (Å²) in [5.74, 6) is 0.404. The molecule has 20 heavy (non-hydrogen) atoms. The molecule has 0 amide bonds. The lowest BCUT2D eigenvalue weighted by Gasteiger charge is -2.35. The van der Waals surface area contributed by atoms with Gasteiger partial charge in [-0.3, -0.25) is 5.10 Å². The summed E-state index contributed by atoms with van der Waals surface area (Å²) < 4.78 is 27.2. The van der Waals surface area contributed by atoms with Crippen LogP contribution in [0.25, 0.3) is 0 Å². The molecule has 1 aromatic heterocycles. The van der Waals surface area contributed by atoms with E-state index >= 15 is 0 Å². The maximum atomic E-state index is 12.8. The lowest BCUT2D eigenvalue weighted by molar-refractivity contribution is 0.217. The van der Waals surface area contributed by atoms with Crippen molar-refractivity contribution in [2.75, 3.05) is 13.1 Å². The first-order valence-electron chi connectivity index (χ1n) is 7.21. The van der Waals surface area contributed by atoms with Crippen molar-refractivity contribution in [3.05, 3.63) is 11.8 Å². The topological polar surface area (TPSA) is 78.1 Å². The van der Waals surface area contributed by atoms with Crippen LogP contribution in [0.1, 0.15) is 39.2 Å². The molecule has 0 aromatic carbocycles. The zero-order valence-corrected chi connectivity index (χ0v) is 13.2. The Kier molecular flexibility index (Phi) is 4.82. The van der Waals surface area contributed by atoms with E-state index in [9.17, 15) is 8.42 Å². The molecule has 114 valence electrons. The lowest BCUT2D eigenvalue weighted by atomic mass is 9.97. The van der Waals surface area contributed by atoms with E-state index in [2.05, 4.69) is 22.4 Å². The van der Waals surface area contributed by atoms with E-state index in [1.807, 2.05) is 13.8 Å². The largest absolute Gasteiger partial charge is 0.313 e. The Balaban J connectivity index is 2.27. The molecule has 0 saturated carbocycles. The summed E-state index contributed by atoms with van der Waals surface area (Å²) in [5.41, 5.74) is 0.706. The van der Waals surface area contributed by atoms with Gasteiger partial charge in [0.2, 0.25) is 0 Å². The Bertz CT molecular complexity index is 540. The number of rotatable bonds is 5. The average Bonchev–Trinajstić information content (AvgIpc) is 2.88. The molecule has 0 spiro atoms. The zero-order chi connectivity index (χ0) is 14.8. The molecule has 6 nitrogen and oxygen atoms in total. The van der Waals surface area contributed by atoms with Crippen molar-refractivity contribution in [1.29, 1.82) is 0 Å². The van der Waals surface area contributed by atoms with Crippen LogP contribution in [0.2, 0.25) is 0 Å². The minimum Gasteiger partial charge on any atom is -0.313 e. The van der Waals surface area contributed by atoms with Crippen LogP contribution in [0.5, 0.6) is 0 Å². The summed E-state index contributed by atoms with van der Waals surface area (Å²) >= 11 is 0. The second kappa shape index (κ2) is 6.24. The van der Waals surface area contributed by atoms with Crippen LogP contribution in [0.3, 0.4) is 0 Å². The van der Waals surface area contributed by atoms with Crippen molar-refractivity contribution in [2.45, 2.75) is 51.2 Å². The monoisotopic (exact) mass is 300 g/mol. The predicted octanol–water partition coefficient (Wildman–Crippen LogP) is 1.33. The zero-order valence-electron chi connectivity index (χ0n) is 12.4. The average molecular weight is 300 g/mol. The molecule has 0 radical (unpaired) electrons. The van der Waals surface area contributed by atoms with E-state index in [1.165, 1.54) is 0 Å². The number of hydrogen-bond donors (Lipinski definition) is 2. The van der Waals surface area contributed by atoms with Crippen LogP contribution in [-0.4, -0.2) is 42.1 Å². The summed E-state index contributed by atoms with van der Waals surface area (Å²) in [6.07, 6.45) is 3.59. The number of hydrogen-bond acceptors (Lipinski definition) is 4. The molecule has 0 bridgehead atoms. The molecule has 7 heteroatoms. The summed E-state index contributed by atoms with van der Waals surface area (Å²) in [4.78, 5) is 0. The Morgan fingerprint density at radius 1 is 1.45 bits per heavy atom. The van der Waals surface area contributed by atoms with Gasteiger partial charge in [0, 0.05) is 24.7 Å². The molecule has 1 aromatic rings. The van der Waals surface area contributed by atoms with E-state index < -0.39 is 10.0 Å². The normalized spacial score (nSPS) is 24.9. The van der Waals surface area contributed by atoms with E-state index in [0.29, 0.717) is 24.6 Å². The van der Waals surface area contributed by atoms with Gasteiger partial charge in [0.1, 0.15) is 0 Å². The first-order chi connectivity index (χ1) is 9.46. The molecule has 2 N–H and O–H groups in total. The summed E-state index contributed by atoms with van der Waals surface area (Å²) in [7, 11) is -3.49. The van der Waals surface area contributed by atoms with Crippen molar-refractivity contribution in [1.82, 2.24) is 19.8 Å². The van der Waals surface area contributed by atoms with Crippen molar-refractivity contribution in [3.63, 3.8) is 0 Å². The van der Waals surface area contributed by atoms with Gasteiger partial charge < -0.3 is 5.32 Å². The van der Waals surface area contributed by atoms with Crippen LogP contribution in [0, 0.1) is 5.92 Å². The quantitative estimate of drug-likeness (QED) is 0.860. The second-order valence-electron chi connectivity index (χ2n) is 5.61. The summed E-state index contributed by atoms with van der Waals surface area (Å²) in [6.45, 7) is 7.96. The fraction of sp³-hybridized carbons (Fsp3) is 0.769. The molecule has 1 aliphatic rings. The van der Waals surface area contributed by atoms with Gasteiger partial charge in [-0.15, -0.1) is 0 Å². The van der Waals surface area contributed by atoms with Crippen LogP contribution in [-0.2, 0) is 16.6 Å². The summed E-state index contributed by atoms with van der Waals surface area (Å²) in [5, 5.41) is 9.96. The van der Waals surface area contributed by atoms with Gasteiger partial charge in [-0.05, 0) is 32.2 Å². The standard InChI is InChI=1S/C13H24N4O2S/c1-4-14-7-12-8-15-16-13(12)20(18,19)17-9-10(2)5-6-11(17)3/h8,10-11,14H,4-7,9H2,1-3H3,(H,15,16). The van der Waals surface area contributed by atoms with Crippen molar-refractivity contribution in [3.8, 4) is 0 Å². The molecular weight excluding hydrogens is 276 g/mol. The van der Waals surface area contributed by atoms with E-state index in [-0.39, 0.29) is 11.1 Å². The van der Waals surface area contributed by atoms with Gasteiger partial charge in [0.05, 0.1) is 6.20 Å². The minimum atomic E-state index is -3.49. The maximum Gasteiger partial charge on any atom is 0.260 e. The Labute approximate surface area is 121 Å². The fourth-order valence-electron chi connectivity index (χ4n) is 2.61. The number of sulfonamides is 1. The molecule has 1 fully saturated rings. The highest BCUT2D eigenvalue weighted by Crippen LogP contribution is 2.28. The van der Waals surface area contributed by atoms with Gasteiger partial charge in [0.25, 0.3) is 10.0 Å². The maximum absolute atomic E-state index is 12.8. The van der Waals surface area contributed by atoms with Gasteiger partial charge in [-0.2, -0.15) is 9.40 Å². The predicted molar refractivity (Wildman–Crippen MR) is 77.7 cm³/mol. The van der Waals surface area contributed by atoms with Crippen LogP contribution >= 0.6 is 0 Å². The molecule has 1 aliphatic heterocycles. The first-order valence-corrected chi connectivity index (χ1v) is 8.65. The van der Waals surface area contributed by atoms with Crippen molar-refractivity contribution >= 4 is 10.0 Å². The highest BCUT2D eigenvalue weighted by Gasteiger charge is 2.35. The molecule has 1 saturated heterocycles. The highest BCUT2D eigenvalue weighted by atomic mass is 32.2. The number of nitrogens with zero attached hydrogens (tertiary/aromatic N) is 2. The molecule has 2 rings (SSSR count). The van der Waals surface area contributed by atoms with E-state index in [4.69, 9.17) is 0 Å². The number of H-pyrrole nitrogens is 1. The highest BCUT2D eigenvalue weighted by molar-refractivity contribution is 7.89. The van der Waals surface area contributed by atoms with Crippen LogP contribution in [0.4, 0.5) is 0 Å². The van der Waals surface area contributed by atoms with E-state index in [0.717, 1.165) is 19.4 Å². The van der Waals surface area contributed by atoms with Crippen molar-refractivity contribution < 1.29 is 8.42 Å². The Morgan fingerprint density at radius 3 is 2.90 bits per heavy atom. The van der Waals surface area contributed by atoms with Crippen molar-refractivity contribution in [2.24, 2.45) is 5.92 Å². The number of aromatic amines is 1. The SMILES string of the molecule is CCNCc1cn[nH]c1S(=O)(=O)N1CC(C)CCC1C. The lowest BCUT2D eigenvalue weighted by Crippen LogP contribution is -2.45. The first kappa shape index (κ1) is 15.5. The number of piperidine rings is 1. The molecule has 2 unspecified atom stereocenters. The molecule has 2 atom stereocenters. The third-order valence-corrected chi connectivity index (χ3v) is 5.87. The summed E-state index contributed by atoms with van der Waals surface area (Å²) in [6, 6.07) is 0.0477. The van der Waals surface area contributed by atoms with Gasteiger partial charge in [-0.1, -0.05) is 13.8 Å². The Morgan fingerprint density at radius 2 is 2.20 bits per heavy atom. The Hall–Kier alpha value is -0.920. The minimum absolute atomic E-state index is 0.0477. The van der Waals surface area contributed by atoms with E-state index in [1.54, 1.807) is 10.5 Å².